The maximum absolute atomic E-state index is 11.6. The fourth-order valence-corrected chi connectivity index (χ4v) is 3.04. The largest absolute Gasteiger partial charge is 0.390 e. The standard InChI is InChI=1S/C14H23N5O3/c1-10-15-14(17-16-10)12-9-18(5-6-22-12)7-11(20)8-19-4-2-3-13(19)21/h11-12,20H,2-9H2,1H3,(H,15,16,17)/t11-,12-/m0/s1. The van der Waals surface area contributed by atoms with Gasteiger partial charge in [-0.25, -0.2) is 4.98 Å². The van der Waals surface area contributed by atoms with Crippen molar-refractivity contribution in [2.24, 2.45) is 0 Å². The molecule has 0 aromatic carbocycles. The van der Waals surface area contributed by atoms with Gasteiger partial charge in [0.15, 0.2) is 5.82 Å². The number of aromatic nitrogens is 3. The fraction of sp³-hybridized carbons (Fsp3) is 0.786. The van der Waals surface area contributed by atoms with Crippen LogP contribution in [0.15, 0.2) is 0 Å². The zero-order chi connectivity index (χ0) is 15.5. The zero-order valence-electron chi connectivity index (χ0n) is 12.9. The van der Waals surface area contributed by atoms with E-state index in [9.17, 15) is 9.90 Å². The van der Waals surface area contributed by atoms with Crippen LogP contribution in [0.25, 0.3) is 0 Å². The Morgan fingerprint density at radius 1 is 1.45 bits per heavy atom. The van der Waals surface area contributed by atoms with E-state index in [4.69, 9.17) is 4.74 Å². The van der Waals surface area contributed by atoms with Crippen molar-refractivity contribution >= 4 is 5.91 Å². The number of ether oxygens (including phenoxy) is 1. The molecule has 22 heavy (non-hydrogen) atoms. The van der Waals surface area contributed by atoms with Crippen LogP contribution in [-0.2, 0) is 9.53 Å². The Morgan fingerprint density at radius 2 is 2.32 bits per heavy atom. The number of carbonyl (C=O) groups excluding carboxylic acids is 1. The minimum absolute atomic E-state index is 0.148. The van der Waals surface area contributed by atoms with Crippen molar-refractivity contribution in [3.05, 3.63) is 11.6 Å². The first-order valence-electron chi connectivity index (χ1n) is 7.80. The summed E-state index contributed by atoms with van der Waals surface area (Å²) < 4.78 is 5.71. The Kier molecular flexibility index (Phi) is 4.70. The Morgan fingerprint density at radius 3 is 3.00 bits per heavy atom. The van der Waals surface area contributed by atoms with E-state index < -0.39 is 6.10 Å². The highest BCUT2D eigenvalue weighted by Crippen LogP contribution is 2.19. The summed E-state index contributed by atoms with van der Waals surface area (Å²) in [6.07, 6.45) is 0.806. The van der Waals surface area contributed by atoms with Crippen molar-refractivity contribution in [3.8, 4) is 0 Å². The third kappa shape index (κ3) is 3.63. The van der Waals surface area contributed by atoms with Gasteiger partial charge in [0.05, 0.1) is 12.7 Å². The van der Waals surface area contributed by atoms with Crippen molar-refractivity contribution in [2.75, 3.05) is 39.3 Å². The van der Waals surface area contributed by atoms with Gasteiger partial charge in [0.25, 0.3) is 0 Å². The first-order chi connectivity index (χ1) is 10.6. The molecule has 3 heterocycles. The van der Waals surface area contributed by atoms with E-state index in [2.05, 4.69) is 20.1 Å². The van der Waals surface area contributed by atoms with Crippen LogP contribution in [0.2, 0.25) is 0 Å². The second-order valence-electron chi connectivity index (χ2n) is 6.00. The predicted molar refractivity (Wildman–Crippen MR) is 78.1 cm³/mol. The summed E-state index contributed by atoms with van der Waals surface area (Å²) in [6, 6.07) is 0. The number of amides is 1. The van der Waals surface area contributed by atoms with Gasteiger partial charge in [-0.3, -0.25) is 14.8 Å². The average molecular weight is 309 g/mol. The average Bonchev–Trinajstić information content (AvgIpc) is 3.09. The molecule has 3 rings (SSSR count). The summed E-state index contributed by atoms with van der Waals surface area (Å²) in [4.78, 5) is 19.8. The van der Waals surface area contributed by atoms with E-state index in [0.717, 1.165) is 25.3 Å². The molecule has 0 saturated carbocycles. The first kappa shape index (κ1) is 15.4. The normalized spacial score (nSPS) is 24.9. The van der Waals surface area contributed by atoms with Gasteiger partial charge in [0, 0.05) is 39.1 Å². The number of rotatable bonds is 5. The summed E-state index contributed by atoms with van der Waals surface area (Å²) >= 11 is 0. The highest BCUT2D eigenvalue weighted by Gasteiger charge is 2.28. The number of nitrogens with zero attached hydrogens (tertiary/aromatic N) is 4. The van der Waals surface area contributed by atoms with Crippen molar-refractivity contribution in [1.29, 1.82) is 0 Å². The number of aryl methyl sites for hydroxylation is 1. The quantitative estimate of drug-likeness (QED) is 0.759. The van der Waals surface area contributed by atoms with Gasteiger partial charge in [-0.05, 0) is 13.3 Å². The van der Waals surface area contributed by atoms with E-state index in [-0.39, 0.29) is 12.0 Å². The molecule has 8 nitrogen and oxygen atoms in total. The molecule has 2 aliphatic heterocycles. The molecular weight excluding hydrogens is 286 g/mol. The number of H-pyrrole nitrogens is 1. The molecule has 1 aromatic rings. The van der Waals surface area contributed by atoms with Gasteiger partial charge < -0.3 is 14.7 Å². The number of aromatic amines is 1. The molecule has 1 aromatic heterocycles. The van der Waals surface area contributed by atoms with Crippen LogP contribution >= 0.6 is 0 Å². The minimum atomic E-state index is -0.533. The lowest BCUT2D eigenvalue weighted by Crippen LogP contribution is -2.45. The van der Waals surface area contributed by atoms with Crippen LogP contribution in [0.1, 0.15) is 30.6 Å². The topological polar surface area (TPSA) is 94.6 Å². The molecule has 0 bridgehead atoms. The molecule has 0 unspecified atom stereocenters. The number of likely N-dealkylation sites (tertiary alicyclic amines) is 1. The smallest absolute Gasteiger partial charge is 0.222 e. The number of hydrogen-bond donors (Lipinski definition) is 2. The van der Waals surface area contributed by atoms with Gasteiger partial charge in [0.2, 0.25) is 5.91 Å². The predicted octanol–water partition coefficient (Wildman–Crippen LogP) is -0.530. The maximum atomic E-state index is 11.6. The van der Waals surface area contributed by atoms with Crippen LogP contribution in [0.4, 0.5) is 0 Å². The summed E-state index contributed by atoms with van der Waals surface area (Å²) in [5.74, 6) is 1.57. The van der Waals surface area contributed by atoms with Crippen molar-refractivity contribution < 1.29 is 14.6 Å². The number of hydrogen-bond acceptors (Lipinski definition) is 6. The van der Waals surface area contributed by atoms with Crippen LogP contribution in [-0.4, -0.2) is 81.4 Å². The van der Waals surface area contributed by atoms with E-state index in [1.54, 1.807) is 4.90 Å². The molecule has 8 heteroatoms. The fourth-order valence-electron chi connectivity index (χ4n) is 3.04. The highest BCUT2D eigenvalue weighted by molar-refractivity contribution is 5.78. The first-order valence-corrected chi connectivity index (χ1v) is 7.80. The molecule has 0 spiro atoms. The monoisotopic (exact) mass is 309 g/mol. The number of aliphatic hydroxyl groups is 1. The van der Waals surface area contributed by atoms with E-state index in [0.29, 0.717) is 38.5 Å². The number of aliphatic hydroxyl groups excluding tert-OH is 1. The summed E-state index contributed by atoms with van der Waals surface area (Å²) in [5.41, 5.74) is 0. The molecule has 2 N–H and O–H groups in total. The van der Waals surface area contributed by atoms with E-state index in [1.807, 2.05) is 6.92 Å². The Labute approximate surface area is 129 Å². The molecule has 2 fully saturated rings. The highest BCUT2D eigenvalue weighted by atomic mass is 16.5. The number of morpholine rings is 1. The lowest BCUT2D eigenvalue weighted by molar-refractivity contribution is -0.129. The second-order valence-corrected chi connectivity index (χ2v) is 6.00. The van der Waals surface area contributed by atoms with E-state index >= 15 is 0 Å². The molecule has 0 radical (unpaired) electrons. The SMILES string of the molecule is Cc1nc([C@@H]2CN(C[C@H](O)CN3CCCC3=O)CCO2)n[nH]1. The lowest BCUT2D eigenvalue weighted by atomic mass is 10.2. The number of nitrogens with one attached hydrogen (secondary N) is 1. The molecule has 122 valence electrons. The Bertz CT molecular complexity index is 520. The molecule has 2 saturated heterocycles. The van der Waals surface area contributed by atoms with E-state index in [1.165, 1.54) is 0 Å². The number of carbonyl (C=O) groups is 1. The van der Waals surface area contributed by atoms with Crippen LogP contribution in [0, 0.1) is 6.92 Å². The van der Waals surface area contributed by atoms with Gasteiger partial charge in [-0.15, -0.1) is 0 Å². The molecule has 2 atom stereocenters. The molecular formula is C14H23N5O3. The van der Waals surface area contributed by atoms with Crippen molar-refractivity contribution in [3.63, 3.8) is 0 Å². The second kappa shape index (κ2) is 6.72. The van der Waals surface area contributed by atoms with Gasteiger partial charge in [0.1, 0.15) is 11.9 Å². The molecule has 0 aliphatic carbocycles. The summed E-state index contributed by atoms with van der Waals surface area (Å²) in [5, 5.41) is 17.2. The summed E-state index contributed by atoms with van der Waals surface area (Å²) in [6.45, 7) is 5.58. The van der Waals surface area contributed by atoms with Gasteiger partial charge >= 0.3 is 0 Å². The van der Waals surface area contributed by atoms with Crippen molar-refractivity contribution in [2.45, 2.75) is 32.0 Å². The molecule has 1 amide bonds. The number of β-amino-alcohol motifs (C(OH)–C–C–N with tert-alkyl or cyclic N) is 1. The lowest BCUT2D eigenvalue weighted by Gasteiger charge is -2.33. The van der Waals surface area contributed by atoms with Crippen molar-refractivity contribution in [1.82, 2.24) is 25.0 Å². The van der Waals surface area contributed by atoms with Gasteiger partial charge in [-0.1, -0.05) is 0 Å². The zero-order valence-corrected chi connectivity index (χ0v) is 12.9. The molecule has 2 aliphatic rings. The maximum Gasteiger partial charge on any atom is 0.222 e. The third-order valence-corrected chi connectivity index (χ3v) is 4.12. The summed E-state index contributed by atoms with van der Waals surface area (Å²) in [7, 11) is 0. The van der Waals surface area contributed by atoms with Crippen LogP contribution in [0.5, 0.6) is 0 Å². The minimum Gasteiger partial charge on any atom is -0.390 e. The van der Waals surface area contributed by atoms with Gasteiger partial charge in [-0.2, -0.15) is 5.10 Å². The third-order valence-electron chi connectivity index (χ3n) is 4.12. The van der Waals surface area contributed by atoms with Crippen LogP contribution in [0.3, 0.4) is 0 Å². The van der Waals surface area contributed by atoms with Crippen LogP contribution < -0.4 is 0 Å². The Hall–Kier alpha value is -1.51. The Balaban J connectivity index is 1.50.